The van der Waals surface area contributed by atoms with Gasteiger partial charge in [-0.2, -0.15) is 0 Å². The van der Waals surface area contributed by atoms with E-state index in [4.69, 9.17) is 18.5 Å². The van der Waals surface area contributed by atoms with E-state index in [1.54, 1.807) is 0 Å². The highest BCUT2D eigenvalue weighted by Crippen LogP contribution is 2.43. The van der Waals surface area contributed by atoms with Crippen molar-refractivity contribution in [2.75, 3.05) is 47.5 Å². The first kappa shape index (κ1) is 88.7. The minimum Gasteiger partial charge on any atom is -0.462 e. The number of rotatable bonds is 71. The maximum absolute atomic E-state index is 12.9. The van der Waals surface area contributed by atoms with Crippen molar-refractivity contribution in [1.82, 2.24) is 0 Å². The Bertz CT molecular complexity index is 1920. The fourth-order valence-electron chi connectivity index (χ4n) is 10.9. The highest BCUT2D eigenvalue weighted by Gasteiger charge is 2.27. The van der Waals surface area contributed by atoms with Gasteiger partial charge in [0, 0.05) is 12.8 Å². The second-order valence-corrected chi connectivity index (χ2v) is 28.5. The number of quaternary nitrogens is 1. The van der Waals surface area contributed by atoms with E-state index in [0.29, 0.717) is 17.4 Å². The van der Waals surface area contributed by atoms with E-state index in [2.05, 4.69) is 123 Å². The van der Waals surface area contributed by atoms with Crippen LogP contribution in [0, 0.1) is 0 Å². The molecule has 0 aromatic carbocycles. The standard InChI is InChI=1S/C82H146NO8P/c1-6-8-10-12-14-16-18-20-22-24-26-28-30-32-34-35-36-37-38-39-40-41-42-43-44-45-46-47-49-50-52-54-56-58-60-62-64-66-68-70-72-74-81(84)88-78-80(79-90-92(86,87)89-77-76-83(3,4)5)91-82(85)75-73-71-69-67-65-63-61-59-57-55-53-51-48-33-31-29-27-25-23-21-19-17-15-13-11-9-7-2/h9,11,15,17-18,20-21,23-24,26-27,29-30,32-33,48,53,55,80H,6-8,10,12-14,16,19,22,25,28,31,34-47,49-52,54,56-79H2,1-5H3/p+1/b11-9-,17-15-,20-18-,23-21-,26-24-,29-27-,32-30-,48-33-,55-53-. The number of phosphoric ester groups is 1. The monoisotopic (exact) mass is 1310 g/mol. The van der Waals surface area contributed by atoms with Crippen LogP contribution in [0.4, 0.5) is 0 Å². The summed E-state index contributed by atoms with van der Waals surface area (Å²) in [6.45, 7) is 4.33. The Hall–Kier alpha value is -3.33. The lowest BCUT2D eigenvalue weighted by Gasteiger charge is -2.24. The number of ether oxygens (including phenoxy) is 2. The number of phosphoric acid groups is 1. The number of carbonyl (C=O) groups is 2. The molecule has 10 heteroatoms. The van der Waals surface area contributed by atoms with E-state index < -0.39 is 26.5 Å². The quantitative estimate of drug-likeness (QED) is 0.0211. The van der Waals surface area contributed by atoms with Crippen LogP contribution in [0.1, 0.15) is 348 Å². The third-order valence-corrected chi connectivity index (χ3v) is 17.8. The van der Waals surface area contributed by atoms with Crippen LogP contribution in [0.3, 0.4) is 0 Å². The summed E-state index contributed by atoms with van der Waals surface area (Å²) < 4.78 is 34.8. The first-order valence-corrected chi connectivity index (χ1v) is 40.1. The van der Waals surface area contributed by atoms with Gasteiger partial charge in [0.2, 0.25) is 0 Å². The number of hydrogen-bond acceptors (Lipinski definition) is 7. The van der Waals surface area contributed by atoms with Gasteiger partial charge in [-0.1, -0.05) is 342 Å². The first-order valence-electron chi connectivity index (χ1n) is 38.6. The molecular formula is C82H147NO8P+. The van der Waals surface area contributed by atoms with Crippen LogP contribution >= 0.6 is 7.82 Å². The number of carbonyl (C=O) groups excluding carboxylic acids is 2. The normalized spacial score (nSPS) is 13.7. The van der Waals surface area contributed by atoms with Gasteiger partial charge in [-0.05, 0) is 103 Å². The highest BCUT2D eigenvalue weighted by atomic mass is 31.2. The van der Waals surface area contributed by atoms with Gasteiger partial charge in [-0.15, -0.1) is 0 Å². The smallest absolute Gasteiger partial charge is 0.462 e. The number of nitrogens with zero attached hydrogens (tertiary/aromatic N) is 1. The van der Waals surface area contributed by atoms with Crippen LogP contribution in [-0.4, -0.2) is 74.9 Å². The SMILES string of the molecule is CC/C=C\C/C=C\C/C=C\C/C=C\C/C=C\C/C=C\CCCCCCCCCCC(=O)OC(COC(=O)CCCCCCCCCCCCCCCCCCCCCCCCCCCC/C=C\C/C=C\C/C=C\CCCCCCC)COP(=O)(O)OCC[N+](C)(C)C. The zero-order valence-electron chi connectivity index (χ0n) is 60.8. The Morgan fingerprint density at radius 2 is 0.620 bits per heavy atom. The number of allylic oxidation sites excluding steroid dienone is 18. The molecule has 532 valence electrons. The molecule has 0 fully saturated rings. The summed E-state index contributed by atoms with van der Waals surface area (Å²) in [7, 11) is 1.47. The molecule has 92 heavy (non-hydrogen) atoms. The second kappa shape index (κ2) is 72.0. The number of hydrogen-bond donors (Lipinski definition) is 1. The van der Waals surface area contributed by atoms with Crippen molar-refractivity contribution in [2.45, 2.75) is 354 Å². The molecule has 0 aromatic heterocycles. The fourth-order valence-corrected chi connectivity index (χ4v) is 11.7. The largest absolute Gasteiger partial charge is 0.472 e. The fraction of sp³-hybridized carbons (Fsp3) is 0.756. The summed E-state index contributed by atoms with van der Waals surface area (Å²) in [5.74, 6) is -0.798. The maximum atomic E-state index is 12.9. The molecule has 0 spiro atoms. The van der Waals surface area contributed by atoms with Crippen LogP contribution in [0.5, 0.6) is 0 Å². The van der Waals surface area contributed by atoms with Crippen molar-refractivity contribution in [3.8, 4) is 0 Å². The van der Waals surface area contributed by atoms with E-state index in [0.717, 1.165) is 96.3 Å². The Kier molecular flexibility index (Phi) is 69.3. The van der Waals surface area contributed by atoms with E-state index in [-0.39, 0.29) is 32.0 Å². The summed E-state index contributed by atoms with van der Waals surface area (Å²) in [4.78, 5) is 35.9. The highest BCUT2D eigenvalue weighted by molar-refractivity contribution is 7.47. The molecule has 0 aliphatic rings. The lowest BCUT2D eigenvalue weighted by molar-refractivity contribution is -0.870. The van der Waals surface area contributed by atoms with Gasteiger partial charge in [0.15, 0.2) is 6.10 Å². The summed E-state index contributed by atoms with van der Waals surface area (Å²) in [5.41, 5.74) is 0. The molecule has 9 nitrogen and oxygen atoms in total. The third-order valence-electron chi connectivity index (χ3n) is 16.8. The van der Waals surface area contributed by atoms with Crippen LogP contribution < -0.4 is 0 Å². The Balaban J connectivity index is 3.95. The van der Waals surface area contributed by atoms with Gasteiger partial charge in [0.05, 0.1) is 27.7 Å². The summed E-state index contributed by atoms with van der Waals surface area (Å²) in [6.07, 6.45) is 102. The molecule has 2 unspecified atom stereocenters. The van der Waals surface area contributed by atoms with Crippen molar-refractivity contribution in [2.24, 2.45) is 0 Å². The Morgan fingerprint density at radius 1 is 0.348 bits per heavy atom. The molecule has 1 N–H and O–H groups in total. The summed E-state index contributed by atoms with van der Waals surface area (Å²) in [5, 5.41) is 0. The van der Waals surface area contributed by atoms with E-state index in [9.17, 15) is 19.0 Å². The van der Waals surface area contributed by atoms with E-state index >= 15 is 0 Å². The van der Waals surface area contributed by atoms with Gasteiger partial charge >= 0.3 is 19.8 Å². The molecule has 0 radical (unpaired) electrons. The minimum atomic E-state index is -4.40. The van der Waals surface area contributed by atoms with E-state index in [1.807, 2.05) is 21.1 Å². The zero-order valence-corrected chi connectivity index (χ0v) is 61.7. The Labute approximate surface area is 569 Å². The van der Waals surface area contributed by atoms with Gasteiger partial charge < -0.3 is 18.9 Å². The second-order valence-electron chi connectivity index (χ2n) is 27.0. The molecule has 0 saturated carbocycles. The van der Waals surface area contributed by atoms with Crippen molar-refractivity contribution < 1.29 is 42.1 Å². The molecule has 2 atom stereocenters. The topological polar surface area (TPSA) is 108 Å². The van der Waals surface area contributed by atoms with Gasteiger partial charge in [-0.3, -0.25) is 18.6 Å². The first-order chi connectivity index (χ1) is 45.0. The Morgan fingerprint density at radius 3 is 0.924 bits per heavy atom. The molecule has 0 aromatic rings. The van der Waals surface area contributed by atoms with Crippen LogP contribution in [0.2, 0.25) is 0 Å². The third kappa shape index (κ3) is 75.7. The van der Waals surface area contributed by atoms with E-state index in [1.165, 1.54) is 218 Å². The average Bonchev–Trinajstić information content (AvgIpc) is 2.14. The number of unbranched alkanes of at least 4 members (excludes halogenated alkanes) is 39. The molecule has 0 heterocycles. The van der Waals surface area contributed by atoms with Crippen molar-refractivity contribution in [3.63, 3.8) is 0 Å². The van der Waals surface area contributed by atoms with Gasteiger partial charge in [-0.25, -0.2) is 4.57 Å². The van der Waals surface area contributed by atoms with Gasteiger partial charge in [0.1, 0.15) is 19.8 Å². The predicted octanol–water partition coefficient (Wildman–Crippen LogP) is 25.6. The molecule has 0 aliphatic carbocycles. The molecule has 0 bridgehead atoms. The molecule has 0 amide bonds. The molecule has 0 saturated heterocycles. The predicted molar refractivity (Wildman–Crippen MR) is 399 cm³/mol. The summed E-state index contributed by atoms with van der Waals surface area (Å²) in [6, 6.07) is 0. The van der Waals surface area contributed by atoms with Gasteiger partial charge in [0.25, 0.3) is 0 Å². The van der Waals surface area contributed by atoms with Crippen LogP contribution in [-0.2, 0) is 32.7 Å². The minimum absolute atomic E-state index is 0.0269. The number of likely N-dealkylation sites (N-methyl/N-ethyl adjacent to an activating group) is 1. The number of esters is 2. The summed E-state index contributed by atoms with van der Waals surface area (Å²) >= 11 is 0. The average molecular weight is 1310 g/mol. The lowest BCUT2D eigenvalue weighted by atomic mass is 10.0. The molecular weight excluding hydrogens is 1160 g/mol. The van der Waals surface area contributed by atoms with Crippen LogP contribution in [0.25, 0.3) is 0 Å². The molecule has 0 aliphatic heterocycles. The maximum Gasteiger partial charge on any atom is 0.472 e. The zero-order chi connectivity index (χ0) is 66.9. The lowest BCUT2D eigenvalue weighted by Crippen LogP contribution is -2.37. The molecule has 0 rings (SSSR count). The van der Waals surface area contributed by atoms with Crippen molar-refractivity contribution in [3.05, 3.63) is 109 Å². The van der Waals surface area contributed by atoms with Crippen LogP contribution in [0.15, 0.2) is 109 Å². The van der Waals surface area contributed by atoms with Crippen molar-refractivity contribution >= 4 is 19.8 Å². The van der Waals surface area contributed by atoms with Crippen molar-refractivity contribution in [1.29, 1.82) is 0 Å².